The van der Waals surface area contributed by atoms with Gasteiger partial charge in [-0.15, -0.1) is 0 Å². The van der Waals surface area contributed by atoms with Gasteiger partial charge in [0.05, 0.1) is 6.04 Å². The Morgan fingerprint density at radius 2 is 1.69 bits per heavy atom. The lowest BCUT2D eigenvalue weighted by molar-refractivity contribution is -0.224. The van der Waals surface area contributed by atoms with E-state index in [1.54, 1.807) is 24.3 Å². The van der Waals surface area contributed by atoms with Crippen LogP contribution >= 0.6 is 11.6 Å². The molecule has 0 radical (unpaired) electrons. The lowest BCUT2D eigenvalue weighted by Crippen LogP contribution is -2.68. The van der Waals surface area contributed by atoms with Crippen LogP contribution in [0.4, 0.5) is 0 Å². The number of nitrogens with one attached hydrogen (secondary N) is 1. The lowest BCUT2D eigenvalue weighted by Gasteiger charge is -2.43. The average Bonchev–Trinajstić information content (AvgIpc) is 2.70. The third-order valence-electron chi connectivity index (χ3n) is 4.40. The van der Waals surface area contributed by atoms with Gasteiger partial charge in [0.25, 0.3) is 0 Å². The number of hydrogen-bond acceptors (Lipinski definition) is 9. The van der Waals surface area contributed by atoms with Gasteiger partial charge in [0.1, 0.15) is 18.9 Å². The first-order valence-corrected chi connectivity index (χ1v) is 10.1. The molecule has 3 N–H and O–H groups in total. The monoisotopic (exact) mass is 468 g/mol. The van der Waals surface area contributed by atoms with E-state index in [1.165, 1.54) is 19.1 Å². The molecular weight excluding hydrogens is 444 g/mol. The number of hydrogen-bond donors (Lipinski definition) is 2. The summed E-state index contributed by atoms with van der Waals surface area (Å²) >= 11 is 6.07. The highest BCUT2D eigenvalue weighted by Crippen LogP contribution is 2.25. The van der Waals surface area contributed by atoms with Crippen LogP contribution in [0.3, 0.4) is 0 Å². The molecule has 174 valence electrons. The fourth-order valence-corrected chi connectivity index (χ4v) is 3.26. The second-order valence-corrected chi connectivity index (χ2v) is 7.39. The van der Waals surface area contributed by atoms with Gasteiger partial charge in [0, 0.05) is 31.9 Å². The van der Waals surface area contributed by atoms with Crippen LogP contribution in [0.2, 0.25) is 5.02 Å². The summed E-state index contributed by atoms with van der Waals surface area (Å²) in [7, 11) is 0. The highest BCUT2D eigenvalue weighted by Gasteiger charge is 2.49. The summed E-state index contributed by atoms with van der Waals surface area (Å²) < 4.78 is 21.2. The van der Waals surface area contributed by atoms with Crippen LogP contribution in [0.5, 0.6) is 0 Å². The molecule has 0 bridgehead atoms. The molecule has 1 aliphatic rings. The van der Waals surface area contributed by atoms with Crippen LogP contribution in [0, 0.1) is 0 Å². The van der Waals surface area contributed by atoms with Gasteiger partial charge < -0.3 is 30.0 Å². The van der Waals surface area contributed by atoms with Crippen LogP contribution in [0.25, 0.3) is 6.08 Å². The topological polar surface area (TPSA) is 143 Å². The van der Waals surface area contributed by atoms with Crippen molar-refractivity contribution in [1.29, 1.82) is 0 Å². The van der Waals surface area contributed by atoms with Gasteiger partial charge in [-0.25, -0.2) is 0 Å². The first kappa shape index (κ1) is 25.3. The Kier molecular flexibility index (Phi) is 9.18. The van der Waals surface area contributed by atoms with Gasteiger partial charge >= 0.3 is 17.9 Å². The Bertz CT molecular complexity index is 890. The number of rotatable bonds is 7. The molecule has 2 rings (SSSR count). The predicted octanol–water partition coefficient (Wildman–Crippen LogP) is 0.948. The molecule has 32 heavy (non-hydrogen) atoms. The zero-order valence-corrected chi connectivity index (χ0v) is 18.5. The molecule has 0 spiro atoms. The number of carbonyl (C=O) groups is 4. The van der Waals surface area contributed by atoms with E-state index in [9.17, 15) is 19.2 Å². The van der Waals surface area contributed by atoms with Crippen LogP contribution in [0.1, 0.15) is 26.3 Å². The molecule has 0 aliphatic carbocycles. The van der Waals surface area contributed by atoms with Crippen LogP contribution in [0.15, 0.2) is 30.3 Å². The minimum Gasteiger partial charge on any atom is -0.463 e. The van der Waals surface area contributed by atoms with E-state index in [0.29, 0.717) is 10.6 Å². The third kappa shape index (κ3) is 7.33. The van der Waals surface area contributed by atoms with E-state index in [-0.39, 0.29) is 6.61 Å². The molecule has 1 aromatic carbocycles. The van der Waals surface area contributed by atoms with E-state index in [0.717, 1.165) is 13.8 Å². The molecule has 0 aromatic heterocycles. The Morgan fingerprint density at radius 1 is 1.06 bits per heavy atom. The fourth-order valence-electron chi connectivity index (χ4n) is 3.06. The Morgan fingerprint density at radius 3 is 2.28 bits per heavy atom. The van der Waals surface area contributed by atoms with Crippen molar-refractivity contribution >= 4 is 41.5 Å². The number of esters is 3. The Balaban J connectivity index is 2.22. The average molecular weight is 469 g/mol. The second-order valence-electron chi connectivity index (χ2n) is 6.99. The van der Waals surface area contributed by atoms with Crippen molar-refractivity contribution in [2.75, 3.05) is 6.61 Å². The van der Waals surface area contributed by atoms with Crippen molar-refractivity contribution in [1.82, 2.24) is 5.32 Å². The summed E-state index contributed by atoms with van der Waals surface area (Å²) in [5.41, 5.74) is 6.80. The second kappa shape index (κ2) is 11.6. The Hall–Kier alpha value is -2.95. The zero-order valence-electron chi connectivity index (χ0n) is 17.8. The molecule has 0 unspecified atom stereocenters. The first-order chi connectivity index (χ1) is 15.1. The van der Waals surface area contributed by atoms with E-state index in [1.807, 2.05) is 0 Å². The molecular formula is C21H25ClN2O8. The number of benzene rings is 1. The van der Waals surface area contributed by atoms with Gasteiger partial charge in [0.15, 0.2) is 12.2 Å². The van der Waals surface area contributed by atoms with Crippen molar-refractivity contribution < 1.29 is 38.1 Å². The number of carbonyl (C=O) groups excluding carboxylic acids is 4. The molecule has 1 aromatic rings. The lowest BCUT2D eigenvalue weighted by atomic mass is 9.96. The molecule has 1 fully saturated rings. The number of halogens is 1. The van der Waals surface area contributed by atoms with Gasteiger partial charge in [-0.2, -0.15) is 0 Å². The van der Waals surface area contributed by atoms with E-state index >= 15 is 0 Å². The predicted molar refractivity (Wildman–Crippen MR) is 113 cm³/mol. The third-order valence-corrected chi connectivity index (χ3v) is 4.74. The van der Waals surface area contributed by atoms with Crippen molar-refractivity contribution in [3.05, 3.63) is 40.9 Å². The summed E-state index contributed by atoms with van der Waals surface area (Å²) in [4.78, 5) is 46.9. The van der Waals surface area contributed by atoms with E-state index in [4.69, 9.17) is 36.3 Å². The highest BCUT2D eigenvalue weighted by molar-refractivity contribution is 6.32. The van der Waals surface area contributed by atoms with E-state index < -0.39 is 54.4 Å². The summed E-state index contributed by atoms with van der Waals surface area (Å²) in [6, 6.07) is 5.84. The maximum Gasteiger partial charge on any atom is 0.303 e. The van der Waals surface area contributed by atoms with Crippen molar-refractivity contribution in [3.63, 3.8) is 0 Å². The van der Waals surface area contributed by atoms with Gasteiger partial charge in [0.2, 0.25) is 5.91 Å². The standard InChI is InChI=1S/C21H25ClN2O8/c1-11(25)29-10-16-19(30-12(2)26)20(31-13(3)27)18(23)21(32-16)24-17(28)9-8-14-6-4-5-7-15(14)22/h4-9,16,18-21H,10,23H2,1-3H3,(H,24,28)/b9-8+/t16-,18-,19+,20-,21-/m1/s1. The van der Waals surface area contributed by atoms with E-state index in [2.05, 4.69) is 5.32 Å². The molecule has 1 heterocycles. The number of ether oxygens (including phenoxy) is 4. The highest BCUT2D eigenvalue weighted by atomic mass is 35.5. The van der Waals surface area contributed by atoms with Crippen LogP contribution in [-0.2, 0) is 38.1 Å². The first-order valence-electron chi connectivity index (χ1n) is 9.70. The SMILES string of the molecule is CC(=O)OC[C@H]1O[C@@H](NC(=O)/C=C/c2ccccc2Cl)[C@H](N)[C@@H](OC(C)=O)[C@H]1OC(C)=O. The summed E-state index contributed by atoms with van der Waals surface area (Å²) in [6.45, 7) is 3.19. The van der Waals surface area contributed by atoms with Crippen molar-refractivity contribution in [3.8, 4) is 0 Å². The maximum absolute atomic E-state index is 12.4. The minimum atomic E-state index is -1.16. The molecule has 1 aliphatic heterocycles. The molecule has 1 saturated heterocycles. The molecule has 11 heteroatoms. The largest absolute Gasteiger partial charge is 0.463 e. The van der Waals surface area contributed by atoms with Gasteiger partial charge in [-0.1, -0.05) is 29.8 Å². The van der Waals surface area contributed by atoms with Gasteiger partial charge in [-0.3, -0.25) is 19.2 Å². The van der Waals surface area contributed by atoms with Crippen LogP contribution < -0.4 is 11.1 Å². The number of amides is 1. The summed E-state index contributed by atoms with van der Waals surface area (Å²) in [6.07, 6.45) is -1.77. The smallest absolute Gasteiger partial charge is 0.303 e. The normalized spacial score (nSPS) is 25.1. The quantitative estimate of drug-likeness (QED) is 0.339. The zero-order chi connectivity index (χ0) is 23.8. The maximum atomic E-state index is 12.4. The molecule has 5 atom stereocenters. The molecule has 0 saturated carbocycles. The minimum absolute atomic E-state index is 0.320. The molecule has 10 nitrogen and oxygen atoms in total. The van der Waals surface area contributed by atoms with Crippen molar-refractivity contribution in [2.24, 2.45) is 5.73 Å². The molecule has 1 amide bonds. The fraction of sp³-hybridized carbons (Fsp3) is 0.429. The van der Waals surface area contributed by atoms with Crippen LogP contribution in [-0.4, -0.2) is 61.0 Å². The summed E-state index contributed by atoms with van der Waals surface area (Å²) in [5, 5.41) is 3.03. The Labute approximate surface area is 190 Å². The summed E-state index contributed by atoms with van der Waals surface area (Å²) in [5.74, 6) is -2.53. The van der Waals surface area contributed by atoms with Crippen molar-refractivity contribution in [2.45, 2.75) is 51.4 Å². The number of nitrogens with two attached hydrogens (primary N) is 1. The van der Waals surface area contributed by atoms with Gasteiger partial charge in [-0.05, 0) is 17.7 Å².